The van der Waals surface area contributed by atoms with Crippen LogP contribution in [-0.4, -0.2) is 8.32 Å². The van der Waals surface area contributed by atoms with Gasteiger partial charge in [-0.25, -0.2) is 0 Å². The largest absolute Gasteiger partial charge is 0.370 e. The van der Waals surface area contributed by atoms with Gasteiger partial charge in [-0.1, -0.05) is 18.2 Å². The van der Waals surface area contributed by atoms with E-state index >= 15 is 0 Å². The summed E-state index contributed by atoms with van der Waals surface area (Å²) in [4.78, 5) is 0. The highest BCUT2D eigenvalue weighted by Crippen LogP contribution is 2.60. The third kappa shape index (κ3) is 6.39. The molecule has 0 aromatic rings. The van der Waals surface area contributed by atoms with E-state index in [2.05, 4.69) is 19.7 Å². The van der Waals surface area contributed by atoms with E-state index in [9.17, 15) is 4.57 Å². The molecule has 0 aliphatic carbocycles. The molecule has 0 aliphatic heterocycles. The molecule has 0 rings (SSSR count). The third-order valence-electron chi connectivity index (χ3n) is 1.85. The Morgan fingerprint density at radius 1 is 1.07 bits per heavy atom. The van der Waals surface area contributed by atoms with Gasteiger partial charge in [-0.2, -0.15) is 0 Å². The fourth-order valence-corrected chi connectivity index (χ4v) is 8.79. The molecule has 0 atom stereocenters. The van der Waals surface area contributed by atoms with Crippen molar-refractivity contribution in [3.05, 3.63) is 38.0 Å². The Labute approximate surface area is 102 Å². The van der Waals surface area contributed by atoms with Crippen molar-refractivity contribution in [2.24, 2.45) is 0 Å². The molecular formula is C9H15Cl2O2PSi. The van der Waals surface area contributed by atoms with Crippen molar-refractivity contribution in [2.75, 3.05) is 0 Å². The highest BCUT2D eigenvalue weighted by atomic mass is 35.9. The van der Waals surface area contributed by atoms with Crippen LogP contribution in [0, 0.1) is 0 Å². The van der Waals surface area contributed by atoms with E-state index in [1.165, 1.54) is 0 Å². The predicted molar refractivity (Wildman–Crippen MR) is 71.2 cm³/mol. The topological polar surface area (TPSA) is 26.3 Å². The standard InChI is InChI=1S/C9H15Cl2O2PSi/c1-4-7-15(8-5-2,9-6-3)13-14(10,11)12/h4-6H,1-3,7-9H2. The predicted octanol–water partition coefficient (Wildman–Crippen LogP) is 5.09. The molecule has 0 spiro atoms. The van der Waals surface area contributed by atoms with E-state index in [1.54, 1.807) is 18.2 Å². The van der Waals surface area contributed by atoms with E-state index in [0.29, 0.717) is 18.1 Å². The van der Waals surface area contributed by atoms with Gasteiger partial charge < -0.3 is 4.21 Å². The average molecular weight is 285 g/mol. The number of rotatable bonds is 8. The van der Waals surface area contributed by atoms with Gasteiger partial charge >= 0.3 is 6.07 Å². The number of halogens is 2. The van der Waals surface area contributed by atoms with Crippen molar-refractivity contribution in [1.82, 2.24) is 0 Å². The van der Waals surface area contributed by atoms with Gasteiger partial charge in [-0.3, -0.25) is 4.57 Å². The van der Waals surface area contributed by atoms with Crippen LogP contribution < -0.4 is 0 Å². The second kappa shape index (κ2) is 6.72. The maximum Gasteiger partial charge on any atom is 0.370 e. The van der Waals surface area contributed by atoms with E-state index in [-0.39, 0.29) is 0 Å². The molecule has 0 bridgehead atoms. The van der Waals surface area contributed by atoms with Crippen LogP contribution >= 0.6 is 28.6 Å². The molecule has 15 heavy (non-hydrogen) atoms. The molecule has 0 saturated carbocycles. The Hall–Kier alpha value is 0.207. The molecule has 0 heterocycles. The normalized spacial score (nSPS) is 12.1. The summed E-state index contributed by atoms with van der Waals surface area (Å²) in [5.74, 6) is 0. The summed E-state index contributed by atoms with van der Waals surface area (Å²) in [6.07, 6.45) is 1.66. The molecule has 6 heteroatoms. The Bertz CT molecular complexity index is 261. The summed E-state index contributed by atoms with van der Waals surface area (Å²) in [6, 6.07) is 1.86. The first kappa shape index (κ1) is 15.2. The zero-order chi connectivity index (χ0) is 11.9. The summed E-state index contributed by atoms with van der Waals surface area (Å²) in [5.41, 5.74) is 0. The quantitative estimate of drug-likeness (QED) is 0.352. The molecule has 0 aromatic heterocycles. The molecule has 86 valence electrons. The maximum atomic E-state index is 11.3. The van der Waals surface area contributed by atoms with Crippen molar-refractivity contribution in [3.8, 4) is 0 Å². The van der Waals surface area contributed by atoms with E-state index in [4.69, 9.17) is 26.7 Å². The molecular weight excluding hydrogens is 270 g/mol. The van der Waals surface area contributed by atoms with Gasteiger partial charge in [0.15, 0.2) is 0 Å². The Balaban J connectivity index is 4.90. The Kier molecular flexibility index (Phi) is 6.81. The zero-order valence-corrected chi connectivity index (χ0v) is 11.9. The molecule has 0 saturated heterocycles. The Morgan fingerprint density at radius 2 is 1.40 bits per heavy atom. The van der Waals surface area contributed by atoms with Gasteiger partial charge in [-0.05, 0) is 40.6 Å². The van der Waals surface area contributed by atoms with Crippen LogP contribution in [-0.2, 0) is 8.78 Å². The fourth-order valence-electron chi connectivity index (χ4n) is 1.38. The lowest BCUT2D eigenvalue weighted by atomic mass is 10.7. The van der Waals surface area contributed by atoms with Crippen LogP contribution in [0.4, 0.5) is 0 Å². The maximum absolute atomic E-state index is 11.3. The minimum atomic E-state index is -3.51. The van der Waals surface area contributed by atoms with Crippen LogP contribution in [0.5, 0.6) is 0 Å². The summed E-state index contributed by atoms with van der Waals surface area (Å²) >= 11 is 10.9. The molecule has 0 radical (unpaired) electrons. The van der Waals surface area contributed by atoms with E-state index < -0.39 is 14.4 Å². The van der Waals surface area contributed by atoms with Gasteiger partial charge in [0.2, 0.25) is 8.32 Å². The molecule has 2 nitrogen and oxygen atoms in total. The van der Waals surface area contributed by atoms with Crippen LogP contribution in [0.3, 0.4) is 0 Å². The summed E-state index contributed by atoms with van der Waals surface area (Å²) in [5, 5.41) is 0. The second-order valence-electron chi connectivity index (χ2n) is 3.17. The fraction of sp³-hybridized carbons (Fsp3) is 0.333. The average Bonchev–Trinajstić information content (AvgIpc) is 2.01. The third-order valence-corrected chi connectivity index (χ3v) is 8.59. The summed E-state index contributed by atoms with van der Waals surface area (Å²) in [7, 11) is -2.31. The smallest absolute Gasteiger partial charge is 0.347 e. The summed E-state index contributed by atoms with van der Waals surface area (Å²) in [6.45, 7) is 11.0. The second-order valence-corrected chi connectivity index (χ2v) is 11.5. The summed E-state index contributed by atoms with van der Waals surface area (Å²) < 4.78 is 16.7. The number of allylic oxidation sites excluding steroid dienone is 3. The highest BCUT2D eigenvalue weighted by Gasteiger charge is 2.37. The lowest BCUT2D eigenvalue weighted by molar-refractivity contribution is 0.506. The van der Waals surface area contributed by atoms with Crippen LogP contribution in [0.15, 0.2) is 38.0 Å². The van der Waals surface area contributed by atoms with Gasteiger partial charge in [-0.15, -0.1) is 19.7 Å². The molecule has 0 aromatic carbocycles. The van der Waals surface area contributed by atoms with Crippen molar-refractivity contribution in [2.45, 2.75) is 18.1 Å². The first-order valence-electron chi connectivity index (χ1n) is 4.42. The molecule has 0 fully saturated rings. The molecule has 0 aliphatic rings. The van der Waals surface area contributed by atoms with Crippen molar-refractivity contribution in [3.63, 3.8) is 0 Å². The van der Waals surface area contributed by atoms with Crippen molar-refractivity contribution < 1.29 is 8.78 Å². The van der Waals surface area contributed by atoms with Gasteiger partial charge in [0.05, 0.1) is 0 Å². The zero-order valence-electron chi connectivity index (χ0n) is 8.49. The van der Waals surface area contributed by atoms with Gasteiger partial charge in [0, 0.05) is 0 Å². The van der Waals surface area contributed by atoms with Gasteiger partial charge in [0.1, 0.15) is 0 Å². The van der Waals surface area contributed by atoms with E-state index in [0.717, 1.165) is 0 Å². The highest BCUT2D eigenvalue weighted by molar-refractivity contribution is 8.05. The molecule has 0 N–H and O–H groups in total. The van der Waals surface area contributed by atoms with Crippen molar-refractivity contribution >= 4 is 36.9 Å². The lowest BCUT2D eigenvalue weighted by Crippen LogP contribution is -2.34. The minimum Gasteiger partial charge on any atom is -0.347 e. The van der Waals surface area contributed by atoms with Gasteiger partial charge in [0.25, 0.3) is 0 Å². The number of hydrogen-bond donors (Lipinski definition) is 0. The SMILES string of the molecule is C=CC[Si](CC=C)(CC=C)OP(=O)(Cl)Cl. The monoisotopic (exact) mass is 284 g/mol. The van der Waals surface area contributed by atoms with Crippen molar-refractivity contribution in [1.29, 1.82) is 0 Å². The van der Waals surface area contributed by atoms with Crippen LogP contribution in [0.25, 0.3) is 0 Å². The minimum absolute atomic E-state index is 0.620. The van der Waals surface area contributed by atoms with Crippen LogP contribution in [0.1, 0.15) is 0 Å². The van der Waals surface area contributed by atoms with E-state index in [1.807, 2.05) is 0 Å². The first-order valence-corrected chi connectivity index (χ1v) is 10.4. The van der Waals surface area contributed by atoms with Crippen LogP contribution in [0.2, 0.25) is 18.1 Å². The Morgan fingerprint density at radius 3 is 1.60 bits per heavy atom. The lowest BCUT2D eigenvalue weighted by Gasteiger charge is -2.28. The molecule has 0 unspecified atom stereocenters. The first-order chi connectivity index (χ1) is 6.89. The number of hydrogen-bond acceptors (Lipinski definition) is 2. The molecule has 0 amide bonds.